The van der Waals surface area contributed by atoms with Crippen LogP contribution in [0.25, 0.3) is 5.70 Å². The van der Waals surface area contributed by atoms with E-state index in [1.807, 2.05) is 93.7 Å². The van der Waals surface area contributed by atoms with E-state index in [-0.39, 0.29) is 5.78 Å². The lowest BCUT2D eigenvalue weighted by Gasteiger charge is -2.12. The van der Waals surface area contributed by atoms with Gasteiger partial charge in [-0.2, -0.15) is 0 Å². The summed E-state index contributed by atoms with van der Waals surface area (Å²) >= 11 is 0. The number of rotatable bonds is 9. The van der Waals surface area contributed by atoms with Crippen molar-refractivity contribution in [1.29, 1.82) is 5.41 Å². The summed E-state index contributed by atoms with van der Waals surface area (Å²) < 4.78 is 0. The molecule has 0 saturated heterocycles. The zero-order valence-electron chi connectivity index (χ0n) is 21.6. The van der Waals surface area contributed by atoms with E-state index in [1.165, 1.54) is 13.1 Å². The van der Waals surface area contributed by atoms with Crippen molar-refractivity contribution in [2.24, 2.45) is 5.73 Å². The molecule has 36 heavy (non-hydrogen) atoms. The Kier molecular flexibility index (Phi) is 10.5. The third kappa shape index (κ3) is 7.88. The number of hydrogen-bond donors (Lipinski definition) is 2. The van der Waals surface area contributed by atoms with Crippen molar-refractivity contribution >= 4 is 17.7 Å². The first-order valence-corrected chi connectivity index (χ1v) is 11.9. The average molecular weight is 478 g/mol. The van der Waals surface area contributed by atoms with Gasteiger partial charge in [0.05, 0.1) is 11.4 Å². The minimum absolute atomic E-state index is 0.0165. The van der Waals surface area contributed by atoms with Gasteiger partial charge in [0.15, 0.2) is 5.78 Å². The first-order chi connectivity index (χ1) is 17.2. The molecule has 4 nitrogen and oxygen atoms in total. The third-order valence-corrected chi connectivity index (χ3v) is 5.56. The van der Waals surface area contributed by atoms with E-state index < -0.39 is 0 Å². The minimum atomic E-state index is -0.0165. The van der Waals surface area contributed by atoms with E-state index >= 15 is 0 Å². The molecule has 2 rings (SSSR count). The number of carbonyl (C=O) groups excluding carboxylic acids is 1. The molecule has 0 aromatic carbocycles. The van der Waals surface area contributed by atoms with E-state index in [9.17, 15) is 4.79 Å². The smallest absolute Gasteiger partial charge is 0.152 e. The predicted octanol–water partition coefficient (Wildman–Crippen LogP) is 7.23. The van der Waals surface area contributed by atoms with Gasteiger partial charge in [-0.25, -0.2) is 0 Å². The van der Waals surface area contributed by atoms with Gasteiger partial charge in [-0.15, -0.1) is 0 Å². The van der Waals surface area contributed by atoms with E-state index in [2.05, 4.69) is 18.1 Å². The number of nitrogens with one attached hydrogen (secondary N) is 1. The Morgan fingerprint density at radius 3 is 2.53 bits per heavy atom. The van der Waals surface area contributed by atoms with E-state index in [4.69, 9.17) is 11.1 Å². The molecule has 0 atom stereocenters. The summed E-state index contributed by atoms with van der Waals surface area (Å²) in [4.78, 5) is 16.1. The number of nitrogens with two attached hydrogens (primary N) is 1. The SMILES string of the molecule is C=C(/C=C(\C=C/C(C)=O)C(/C=C1/C=C/C=C(C(C=N)=C(N)c2cccc(C)n2)/C=C\C1=C)=C/C)CC. The topological polar surface area (TPSA) is 79.8 Å². The number of aryl methyl sites for hydroxylation is 1. The Morgan fingerprint density at radius 1 is 1.17 bits per heavy atom. The quantitative estimate of drug-likeness (QED) is 0.224. The molecule has 1 aromatic heterocycles. The molecule has 0 spiro atoms. The molecule has 4 heteroatoms. The average Bonchev–Trinajstić information content (AvgIpc) is 2.85. The lowest BCUT2D eigenvalue weighted by molar-refractivity contribution is -0.112. The Morgan fingerprint density at radius 2 is 1.92 bits per heavy atom. The van der Waals surface area contributed by atoms with Crippen molar-refractivity contribution in [3.8, 4) is 0 Å². The van der Waals surface area contributed by atoms with Crippen molar-refractivity contribution in [1.82, 2.24) is 4.98 Å². The highest BCUT2D eigenvalue weighted by molar-refractivity contribution is 5.94. The maximum absolute atomic E-state index is 11.6. The van der Waals surface area contributed by atoms with Crippen LogP contribution in [0.2, 0.25) is 0 Å². The summed E-state index contributed by atoms with van der Waals surface area (Å²) in [5.41, 5.74) is 14.3. The number of aromatic nitrogens is 1. The van der Waals surface area contributed by atoms with Crippen molar-refractivity contribution in [3.63, 3.8) is 0 Å². The zero-order valence-corrected chi connectivity index (χ0v) is 21.6. The monoisotopic (exact) mass is 477 g/mol. The molecule has 0 fully saturated rings. The highest BCUT2D eigenvalue weighted by atomic mass is 16.1. The number of allylic oxidation sites excluding steroid dienone is 17. The lowest BCUT2D eigenvalue weighted by Crippen LogP contribution is -2.07. The Bertz CT molecular complexity index is 1300. The van der Waals surface area contributed by atoms with Gasteiger partial charge in [-0.05, 0) is 79.3 Å². The fourth-order valence-electron chi connectivity index (χ4n) is 3.43. The molecular weight excluding hydrogens is 442 g/mol. The molecule has 0 unspecified atom stereocenters. The highest BCUT2D eigenvalue weighted by Gasteiger charge is 2.11. The second kappa shape index (κ2) is 13.5. The highest BCUT2D eigenvalue weighted by Crippen LogP contribution is 2.25. The molecular formula is C32H35N3O. The van der Waals surface area contributed by atoms with Crippen LogP contribution in [0.15, 0.2) is 131 Å². The zero-order chi connectivity index (χ0) is 26.7. The second-order valence-electron chi connectivity index (χ2n) is 8.37. The summed E-state index contributed by atoms with van der Waals surface area (Å²) in [7, 11) is 0. The third-order valence-electron chi connectivity index (χ3n) is 5.56. The van der Waals surface area contributed by atoms with Gasteiger partial charge in [0.1, 0.15) is 0 Å². The van der Waals surface area contributed by atoms with Gasteiger partial charge in [-0.1, -0.05) is 80.3 Å². The molecule has 1 heterocycles. The van der Waals surface area contributed by atoms with Crippen LogP contribution in [0, 0.1) is 12.3 Å². The maximum Gasteiger partial charge on any atom is 0.152 e. The molecule has 0 bridgehead atoms. The molecule has 184 valence electrons. The van der Waals surface area contributed by atoms with E-state index in [0.29, 0.717) is 17.0 Å². The largest absolute Gasteiger partial charge is 0.396 e. The molecule has 0 aliphatic heterocycles. The molecule has 1 aliphatic rings. The summed E-state index contributed by atoms with van der Waals surface area (Å²) in [6, 6.07) is 5.65. The number of ketones is 1. The van der Waals surface area contributed by atoms with Crippen molar-refractivity contribution in [2.75, 3.05) is 0 Å². The van der Waals surface area contributed by atoms with Gasteiger partial charge in [0.25, 0.3) is 0 Å². The summed E-state index contributed by atoms with van der Waals surface area (Å²) in [5.74, 6) is -0.0165. The first-order valence-electron chi connectivity index (χ1n) is 11.9. The van der Waals surface area contributed by atoms with E-state index in [0.717, 1.165) is 45.6 Å². The Balaban J connectivity index is 2.50. The molecule has 0 amide bonds. The lowest BCUT2D eigenvalue weighted by atomic mass is 9.94. The van der Waals surface area contributed by atoms with Crippen LogP contribution in [0.3, 0.4) is 0 Å². The van der Waals surface area contributed by atoms with Gasteiger partial charge in [0.2, 0.25) is 0 Å². The molecule has 1 aromatic rings. The normalized spacial score (nSPS) is 19.7. The number of pyridine rings is 1. The van der Waals surface area contributed by atoms with Gasteiger partial charge < -0.3 is 11.1 Å². The van der Waals surface area contributed by atoms with Crippen LogP contribution in [-0.2, 0) is 4.79 Å². The molecule has 0 radical (unpaired) electrons. The molecule has 0 saturated carbocycles. The number of hydrogen-bond acceptors (Lipinski definition) is 4. The predicted molar refractivity (Wildman–Crippen MR) is 154 cm³/mol. The number of carbonyl (C=O) groups is 1. The van der Waals surface area contributed by atoms with Gasteiger partial charge >= 0.3 is 0 Å². The van der Waals surface area contributed by atoms with Crippen LogP contribution >= 0.6 is 0 Å². The number of nitrogens with zero attached hydrogens (tertiary/aromatic N) is 1. The first kappa shape index (κ1) is 27.9. The second-order valence-corrected chi connectivity index (χ2v) is 8.37. The maximum atomic E-state index is 11.6. The van der Waals surface area contributed by atoms with Gasteiger partial charge in [-0.3, -0.25) is 9.78 Å². The fourth-order valence-corrected chi connectivity index (χ4v) is 3.43. The Hall–Kier alpha value is -4.31. The Labute approximate surface area is 215 Å². The van der Waals surface area contributed by atoms with Crippen molar-refractivity contribution in [3.05, 3.63) is 143 Å². The van der Waals surface area contributed by atoms with E-state index in [1.54, 1.807) is 6.08 Å². The van der Waals surface area contributed by atoms with Crippen LogP contribution in [0.1, 0.15) is 38.6 Å². The molecule has 3 N–H and O–H groups in total. The standard InChI is InChI=1S/C32H35N3O/c1-7-22(3)19-29(18-16-25(6)36)26(8-2)20-28-13-10-12-27(17-15-23(28)4)30(21-33)32(34)31-14-9-11-24(5)35-31/h8-21,33H,3-4,7,34H2,1-2,5-6H3/b13-10+,17-15-,18-16-,26-8+,27-12-,28-20-,29-19+,32-30?,33-21?. The summed E-state index contributed by atoms with van der Waals surface area (Å²) in [5, 5.41) is 7.98. The van der Waals surface area contributed by atoms with Crippen molar-refractivity contribution < 1.29 is 4.79 Å². The van der Waals surface area contributed by atoms with Crippen LogP contribution in [-0.4, -0.2) is 17.0 Å². The molecule has 1 aliphatic carbocycles. The van der Waals surface area contributed by atoms with Crippen LogP contribution in [0.4, 0.5) is 0 Å². The van der Waals surface area contributed by atoms with Crippen LogP contribution < -0.4 is 5.73 Å². The van der Waals surface area contributed by atoms with Gasteiger partial charge in [0, 0.05) is 17.5 Å². The summed E-state index contributed by atoms with van der Waals surface area (Å²) in [6.45, 7) is 15.8. The van der Waals surface area contributed by atoms with Crippen molar-refractivity contribution in [2.45, 2.75) is 34.1 Å². The van der Waals surface area contributed by atoms with Crippen LogP contribution in [0.5, 0.6) is 0 Å². The fraction of sp³-hybridized carbons (Fsp3) is 0.156. The summed E-state index contributed by atoms with van der Waals surface area (Å²) in [6.07, 6.45) is 21.1. The minimum Gasteiger partial charge on any atom is -0.396 e.